The summed E-state index contributed by atoms with van der Waals surface area (Å²) < 4.78 is 5.53. The van der Waals surface area contributed by atoms with Gasteiger partial charge in [-0.1, -0.05) is 15.9 Å². The number of dihydropyridines is 1. The van der Waals surface area contributed by atoms with Crippen LogP contribution in [-0.2, 0) is 4.74 Å². The van der Waals surface area contributed by atoms with E-state index in [1.807, 2.05) is 6.08 Å². The lowest BCUT2D eigenvalue weighted by atomic mass is 10.2. The predicted octanol–water partition coefficient (Wildman–Crippen LogP) is 1.18. The van der Waals surface area contributed by atoms with Gasteiger partial charge in [-0.25, -0.2) is 0 Å². The molecular weight excluding hydrogens is 220 g/mol. The Bertz CT molecular complexity index is 235. The summed E-state index contributed by atoms with van der Waals surface area (Å²) in [4.78, 5) is 4.15. The largest absolute Gasteiger partial charge is 0.489 e. The molecule has 2 rings (SSSR count). The summed E-state index contributed by atoms with van der Waals surface area (Å²) in [6.45, 7) is 0. The molecule has 3 nitrogen and oxygen atoms in total. The van der Waals surface area contributed by atoms with Crippen LogP contribution in [0.4, 0.5) is 0 Å². The Labute approximate surface area is 79.8 Å². The highest BCUT2D eigenvalue weighted by Gasteiger charge is 2.25. The molecule has 0 amide bonds. The van der Waals surface area contributed by atoms with Crippen molar-refractivity contribution in [3.63, 3.8) is 0 Å². The topological polar surface area (TPSA) is 47.6 Å². The van der Waals surface area contributed by atoms with E-state index in [-0.39, 0.29) is 11.0 Å². The lowest BCUT2D eigenvalue weighted by molar-refractivity contribution is 0.214. The van der Waals surface area contributed by atoms with Gasteiger partial charge in [0.05, 0.1) is 18.4 Å². The number of nitrogens with zero attached hydrogens (tertiary/aromatic N) is 1. The zero-order valence-electron chi connectivity index (χ0n) is 6.61. The molecule has 1 heterocycles. The summed E-state index contributed by atoms with van der Waals surface area (Å²) >= 11 is 3.34. The third kappa shape index (κ3) is 1.87. The van der Waals surface area contributed by atoms with Crippen LogP contribution in [-0.4, -0.2) is 23.3 Å². The summed E-state index contributed by atoms with van der Waals surface area (Å²) in [5, 5.41) is 0. The van der Waals surface area contributed by atoms with E-state index in [4.69, 9.17) is 10.5 Å². The third-order valence-electron chi connectivity index (χ3n) is 1.85. The van der Waals surface area contributed by atoms with Crippen molar-refractivity contribution in [1.29, 1.82) is 0 Å². The summed E-state index contributed by atoms with van der Waals surface area (Å²) in [7, 11) is 0. The highest BCUT2D eigenvalue weighted by atomic mass is 79.9. The zero-order chi connectivity index (χ0) is 8.55. The van der Waals surface area contributed by atoms with Gasteiger partial charge in [0.2, 0.25) is 0 Å². The molecule has 0 aromatic carbocycles. The number of nitrogens with two attached hydrogens (primary N) is 1. The summed E-state index contributed by atoms with van der Waals surface area (Å²) in [5.74, 6) is 0.820. The van der Waals surface area contributed by atoms with Crippen molar-refractivity contribution in [1.82, 2.24) is 0 Å². The monoisotopic (exact) mass is 230 g/mol. The maximum absolute atomic E-state index is 5.75. The number of hydrogen-bond acceptors (Lipinski definition) is 3. The molecule has 1 aliphatic carbocycles. The molecule has 12 heavy (non-hydrogen) atoms. The molecule has 2 aliphatic rings. The third-order valence-corrected chi connectivity index (χ3v) is 2.69. The van der Waals surface area contributed by atoms with Gasteiger partial charge in [-0.2, -0.15) is 0 Å². The molecule has 2 unspecified atom stereocenters. The number of hydrogen-bond donors (Lipinski definition) is 1. The maximum Gasteiger partial charge on any atom is 0.135 e. The maximum atomic E-state index is 5.75. The Morgan fingerprint density at radius 1 is 1.58 bits per heavy atom. The molecule has 1 fully saturated rings. The van der Waals surface area contributed by atoms with Crippen molar-refractivity contribution >= 4 is 22.1 Å². The summed E-state index contributed by atoms with van der Waals surface area (Å²) in [5.41, 5.74) is 5.75. The van der Waals surface area contributed by atoms with E-state index >= 15 is 0 Å². The van der Waals surface area contributed by atoms with Crippen LogP contribution in [0, 0.1) is 0 Å². The van der Waals surface area contributed by atoms with Crippen molar-refractivity contribution in [3.8, 4) is 0 Å². The van der Waals surface area contributed by atoms with Crippen molar-refractivity contribution in [2.24, 2.45) is 10.7 Å². The molecule has 4 heteroatoms. The SMILES string of the molecule is NC1C=C(OC2CC2)C=NC1Br. The lowest BCUT2D eigenvalue weighted by Gasteiger charge is -2.17. The van der Waals surface area contributed by atoms with Crippen LogP contribution in [0.3, 0.4) is 0 Å². The number of allylic oxidation sites excluding steroid dienone is 1. The van der Waals surface area contributed by atoms with Crippen molar-refractivity contribution in [2.75, 3.05) is 0 Å². The minimum Gasteiger partial charge on any atom is -0.489 e. The molecule has 2 atom stereocenters. The number of alkyl halides is 1. The van der Waals surface area contributed by atoms with Gasteiger partial charge in [0.15, 0.2) is 0 Å². The molecule has 0 spiro atoms. The second-order valence-electron chi connectivity index (χ2n) is 3.11. The predicted molar refractivity (Wildman–Crippen MR) is 51.4 cm³/mol. The first-order chi connectivity index (χ1) is 5.75. The number of aliphatic imine (C=N–C) groups is 1. The van der Waals surface area contributed by atoms with Gasteiger partial charge in [-0.05, 0) is 18.9 Å². The first kappa shape index (κ1) is 8.26. The second-order valence-corrected chi connectivity index (χ2v) is 4.05. The Balaban J connectivity index is 1.97. The van der Waals surface area contributed by atoms with Gasteiger partial charge in [0.1, 0.15) is 10.7 Å². The van der Waals surface area contributed by atoms with Crippen LogP contribution in [0.25, 0.3) is 0 Å². The van der Waals surface area contributed by atoms with E-state index in [0.717, 1.165) is 18.6 Å². The van der Waals surface area contributed by atoms with Crippen LogP contribution >= 0.6 is 15.9 Å². The van der Waals surface area contributed by atoms with E-state index in [9.17, 15) is 0 Å². The van der Waals surface area contributed by atoms with Crippen LogP contribution in [0.1, 0.15) is 12.8 Å². The van der Waals surface area contributed by atoms with Crippen LogP contribution < -0.4 is 5.73 Å². The van der Waals surface area contributed by atoms with Gasteiger partial charge >= 0.3 is 0 Å². The fourth-order valence-electron chi connectivity index (χ4n) is 1.00. The zero-order valence-corrected chi connectivity index (χ0v) is 8.20. The van der Waals surface area contributed by atoms with Gasteiger partial charge < -0.3 is 10.5 Å². The standard InChI is InChI=1S/C8H11BrN2O/c9-8-7(10)3-6(4-11-8)12-5-1-2-5/h3-5,7-8H,1-2,10H2. The quantitative estimate of drug-likeness (QED) is 0.573. The second kappa shape index (κ2) is 3.18. The first-order valence-electron chi connectivity index (χ1n) is 4.07. The van der Waals surface area contributed by atoms with E-state index in [1.165, 1.54) is 0 Å². The van der Waals surface area contributed by atoms with Crippen LogP contribution in [0.2, 0.25) is 0 Å². The smallest absolute Gasteiger partial charge is 0.135 e. The van der Waals surface area contributed by atoms with Crippen molar-refractivity contribution in [3.05, 3.63) is 11.8 Å². The highest BCUT2D eigenvalue weighted by Crippen LogP contribution is 2.27. The molecule has 1 saturated carbocycles. The minimum atomic E-state index is -0.0660. The number of halogens is 1. The molecular formula is C8H11BrN2O. The summed E-state index contributed by atoms with van der Waals surface area (Å²) in [6, 6.07) is -0.0660. The van der Waals surface area contributed by atoms with E-state index < -0.39 is 0 Å². The molecule has 2 N–H and O–H groups in total. The van der Waals surface area contributed by atoms with Gasteiger partial charge in [-0.3, -0.25) is 4.99 Å². The highest BCUT2D eigenvalue weighted by molar-refractivity contribution is 9.09. The van der Waals surface area contributed by atoms with Gasteiger partial charge in [-0.15, -0.1) is 0 Å². The first-order valence-corrected chi connectivity index (χ1v) is 4.98. The lowest BCUT2D eigenvalue weighted by Crippen LogP contribution is -2.30. The Morgan fingerprint density at radius 3 is 2.92 bits per heavy atom. The van der Waals surface area contributed by atoms with Gasteiger partial charge in [0.25, 0.3) is 0 Å². The van der Waals surface area contributed by atoms with E-state index in [2.05, 4.69) is 20.9 Å². The van der Waals surface area contributed by atoms with Gasteiger partial charge in [0, 0.05) is 0 Å². The fraction of sp³-hybridized carbons (Fsp3) is 0.625. The van der Waals surface area contributed by atoms with Crippen LogP contribution in [0.5, 0.6) is 0 Å². The molecule has 1 aliphatic heterocycles. The Morgan fingerprint density at radius 2 is 2.33 bits per heavy atom. The fourth-order valence-corrected chi connectivity index (χ4v) is 1.28. The molecule has 0 bridgehead atoms. The number of ether oxygens (including phenoxy) is 1. The number of rotatable bonds is 2. The van der Waals surface area contributed by atoms with Crippen molar-refractivity contribution in [2.45, 2.75) is 29.9 Å². The normalized spacial score (nSPS) is 34.7. The Hall–Kier alpha value is -0.350. The Kier molecular flexibility index (Phi) is 2.19. The molecule has 0 saturated heterocycles. The van der Waals surface area contributed by atoms with Crippen molar-refractivity contribution < 1.29 is 4.74 Å². The molecule has 66 valence electrons. The minimum absolute atomic E-state index is 0.00375. The van der Waals surface area contributed by atoms with E-state index in [1.54, 1.807) is 6.21 Å². The average molecular weight is 231 g/mol. The molecule has 0 aromatic heterocycles. The molecule has 0 aromatic rings. The molecule has 0 radical (unpaired) electrons. The average Bonchev–Trinajstić information content (AvgIpc) is 2.81. The van der Waals surface area contributed by atoms with Crippen LogP contribution in [0.15, 0.2) is 16.8 Å². The summed E-state index contributed by atoms with van der Waals surface area (Å²) in [6.07, 6.45) is 6.39. The van der Waals surface area contributed by atoms with E-state index in [0.29, 0.717) is 6.10 Å².